The zero-order chi connectivity index (χ0) is 23.4. The van der Waals surface area contributed by atoms with Crippen LogP contribution in [0.2, 0.25) is 5.02 Å². The van der Waals surface area contributed by atoms with E-state index in [-0.39, 0.29) is 18.2 Å². The van der Waals surface area contributed by atoms with Gasteiger partial charge in [-0.1, -0.05) is 35.9 Å². The van der Waals surface area contributed by atoms with Crippen LogP contribution in [0.4, 0.5) is 11.4 Å². The Hall–Kier alpha value is -3.51. The van der Waals surface area contributed by atoms with Crippen LogP contribution < -0.4 is 19.7 Å². The van der Waals surface area contributed by atoms with Gasteiger partial charge in [0.15, 0.2) is 0 Å². The highest BCUT2D eigenvalue weighted by atomic mass is 35.5. The lowest BCUT2D eigenvalue weighted by Crippen LogP contribution is -2.47. The van der Waals surface area contributed by atoms with Crippen molar-refractivity contribution in [3.63, 3.8) is 0 Å². The molecule has 2 atom stereocenters. The number of carbonyl (C=O) groups excluding carboxylic acids is 2. The third-order valence-corrected chi connectivity index (χ3v) is 6.20. The molecule has 1 N–H and O–H groups in total. The number of nitrogens with zero attached hydrogens (tertiary/aromatic N) is 1. The summed E-state index contributed by atoms with van der Waals surface area (Å²) in [6.45, 7) is 0. The first kappa shape index (κ1) is 22.7. The molecule has 3 aromatic rings. The van der Waals surface area contributed by atoms with Crippen molar-refractivity contribution in [1.82, 2.24) is 0 Å². The molecular formula is C26H25ClN2O4. The van der Waals surface area contributed by atoms with Gasteiger partial charge in [0, 0.05) is 12.1 Å². The zero-order valence-corrected chi connectivity index (χ0v) is 19.2. The van der Waals surface area contributed by atoms with Gasteiger partial charge >= 0.3 is 0 Å². The van der Waals surface area contributed by atoms with E-state index in [4.69, 9.17) is 21.1 Å². The van der Waals surface area contributed by atoms with Crippen molar-refractivity contribution in [2.24, 2.45) is 5.92 Å². The lowest BCUT2D eigenvalue weighted by atomic mass is 9.83. The number of halogens is 1. The minimum atomic E-state index is -0.493. The molecule has 170 valence electrons. The molecule has 2 unspecified atom stereocenters. The first-order chi connectivity index (χ1) is 16.0. The second-order valence-electron chi connectivity index (χ2n) is 7.79. The predicted octanol–water partition coefficient (Wildman–Crippen LogP) is 5.48. The molecule has 0 spiro atoms. The Morgan fingerprint density at radius 1 is 0.939 bits per heavy atom. The van der Waals surface area contributed by atoms with Gasteiger partial charge < -0.3 is 19.7 Å². The van der Waals surface area contributed by atoms with E-state index in [1.807, 2.05) is 48.5 Å². The van der Waals surface area contributed by atoms with Crippen molar-refractivity contribution in [1.29, 1.82) is 0 Å². The molecule has 1 heterocycles. The van der Waals surface area contributed by atoms with Crippen LogP contribution in [-0.4, -0.2) is 26.0 Å². The first-order valence-electron chi connectivity index (χ1n) is 10.7. The molecule has 33 heavy (non-hydrogen) atoms. The van der Waals surface area contributed by atoms with Crippen LogP contribution in [0.25, 0.3) is 0 Å². The van der Waals surface area contributed by atoms with Crippen LogP contribution in [-0.2, 0) is 9.59 Å². The Kier molecular flexibility index (Phi) is 6.84. The van der Waals surface area contributed by atoms with Crippen LogP contribution in [0, 0.1) is 5.92 Å². The van der Waals surface area contributed by atoms with Gasteiger partial charge in [-0.15, -0.1) is 0 Å². The van der Waals surface area contributed by atoms with E-state index in [2.05, 4.69) is 5.32 Å². The minimum absolute atomic E-state index is 0.0391. The number of methoxy groups -OCH3 is 2. The summed E-state index contributed by atoms with van der Waals surface area (Å²) in [5.41, 5.74) is 2.10. The van der Waals surface area contributed by atoms with Crippen LogP contribution in [0.1, 0.15) is 24.4 Å². The summed E-state index contributed by atoms with van der Waals surface area (Å²) in [4.78, 5) is 28.3. The molecule has 0 aliphatic carbocycles. The minimum Gasteiger partial charge on any atom is -0.497 e. The highest BCUT2D eigenvalue weighted by molar-refractivity contribution is 6.33. The van der Waals surface area contributed by atoms with Gasteiger partial charge in [-0.2, -0.15) is 0 Å². The Balaban J connectivity index is 1.74. The number of hydrogen-bond donors (Lipinski definition) is 1. The fourth-order valence-electron chi connectivity index (χ4n) is 4.18. The lowest BCUT2D eigenvalue weighted by molar-refractivity contribution is -0.125. The maximum absolute atomic E-state index is 13.5. The number of carbonyl (C=O) groups is 2. The highest BCUT2D eigenvalue weighted by Crippen LogP contribution is 2.41. The summed E-state index contributed by atoms with van der Waals surface area (Å²) in [5.74, 6) is 0.693. The van der Waals surface area contributed by atoms with Gasteiger partial charge in [-0.3, -0.25) is 9.59 Å². The van der Waals surface area contributed by atoms with E-state index in [9.17, 15) is 9.59 Å². The number of para-hydroxylation sites is 1. The second kappa shape index (κ2) is 9.96. The predicted molar refractivity (Wildman–Crippen MR) is 129 cm³/mol. The number of anilines is 2. The third-order valence-electron chi connectivity index (χ3n) is 5.87. The first-order valence-corrected chi connectivity index (χ1v) is 11.0. The lowest BCUT2D eigenvalue weighted by Gasteiger charge is -2.41. The topological polar surface area (TPSA) is 67.9 Å². The SMILES string of the molecule is COc1ccc(C2C(C(=O)Nc3ccccc3Cl)CCC(=O)N2c2ccc(OC)cc2)cc1. The molecule has 1 aliphatic heterocycles. The van der Waals surface area contributed by atoms with Gasteiger partial charge in [-0.25, -0.2) is 0 Å². The van der Waals surface area contributed by atoms with E-state index in [1.54, 1.807) is 43.4 Å². The summed E-state index contributed by atoms with van der Waals surface area (Å²) in [5, 5.41) is 3.42. The second-order valence-corrected chi connectivity index (χ2v) is 8.20. The Labute approximate surface area is 198 Å². The zero-order valence-electron chi connectivity index (χ0n) is 18.5. The van der Waals surface area contributed by atoms with E-state index in [0.29, 0.717) is 34.3 Å². The maximum Gasteiger partial charge on any atom is 0.229 e. The summed E-state index contributed by atoms with van der Waals surface area (Å²) < 4.78 is 10.6. The van der Waals surface area contributed by atoms with Crippen molar-refractivity contribution in [3.8, 4) is 11.5 Å². The molecule has 0 bridgehead atoms. The quantitative estimate of drug-likeness (QED) is 0.524. The Bertz CT molecular complexity index is 1130. The van der Waals surface area contributed by atoms with Crippen molar-refractivity contribution < 1.29 is 19.1 Å². The maximum atomic E-state index is 13.5. The fraction of sp³-hybridized carbons (Fsp3) is 0.231. The molecule has 0 saturated carbocycles. The molecule has 7 heteroatoms. The summed E-state index contributed by atoms with van der Waals surface area (Å²) >= 11 is 6.27. The fourth-order valence-corrected chi connectivity index (χ4v) is 4.37. The number of amides is 2. The van der Waals surface area contributed by atoms with Crippen LogP contribution >= 0.6 is 11.6 Å². The summed E-state index contributed by atoms with van der Waals surface area (Å²) in [7, 11) is 3.19. The summed E-state index contributed by atoms with van der Waals surface area (Å²) in [6.07, 6.45) is 0.692. The van der Waals surface area contributed by atoms with E-state index < -0.39 is 12.0 Å². The van der Waals surface area contributed by atoms with E-state index in [1.165, 1.54) is 0 Å². The third kappa shape index (κ3) is 4.81. The molecule has 6 nitrogen and oxygen atoms in total. The molecular weight excluding hydrogens is 440 g/mol. The molecule has 4 rings (SSSR count). The average Bonchev–Trinajstić information content (AvgIpc) is 2.85. The Morgan fingerprint density at radius 2 is 1.55 bits per heavy atom. The molecule has 1 aliphatic rings. The van der Waals surface area contributed by atoms with Gasteiger partial charge in [0.25, 0.3) is 0 Å². The molecule has 0 radical (unpaired) electrons. The van der Waals surface area contributed by atoms with Crippen molar-refractivity contribution in [3.05, 3.63) is 83.4 Å². The van der Waals surface area contributed by atoms with E-state index >= 15 is 0 Å². The molecule has 1 fully saturated rings. The number of nitrogens with one attached hydrogen (secondary N) is 1. The average molecular weight is 465 g/mol. The van der Waals surface area contributed by atoms with Gasteiger partial charge in [0.1, 0.15) is 11.5 Å². The Morgan fingerprint density at radius 3 is 2.15 bits per heavy atom. The number of hydrogen-bond acceptors (Lipinski definition) is 4. The smallest absolute Gasteiger partial charge is 0.229 e. The largest absolute Gasteiger partial charge is 0.497 e. The molecule has 1 saturated heterocycles. The van der Waals surface area contributed by atoms with Crippen molar-refractivity contribution >= 4 is 34.8 Å². The normalized spacial score (nSPS) is 18.0. The molecule has 0 aromatic heterocycles. The van der Waals surface area contributed by atoms with Crippen molar-refractivity contribution in [2.75, 3.05) is 24.4 Å². The number of benzene rings is 3. The van der Waals surface area contributed by atoms with Crippen LogP contribution in [0.5, 0.6) is 11.5 Å². The number of rotatable bonds is 6. The van der Waals surface area contributed by atoms with Crippen LogP contribution in [0.3, 0.4) is 0 Å². The molecule has 3 aromatic carbocycles. The number of ether oxygens (including phenoxy) is 2. The van der Waals surface area contributed by atoms with E-state index in [0.717, 1.165) is 5.56 Å². The van der Waals surface area contributed by atoms with Gasteiger partial charge in [0.05, 0.1) is 36.9 Å². The van der Waals surface area contributed by atoms with Crippen LogP contribution in [0.15, 0.2) is 72.8 Å². The number of piperidine rings is 1. The van der Waals surface area contributed by atoms with Crippen molar-refractivity contribution in [2.45, 2.75) is 18.9 Å². The van der Waals surface area contributed by atoms with Gasteiger partial charge in [-0.05, 0) is 60.5 Å². The molecule has 2 amide bonds. The van der Waals surface area contributed by atoms with Gasteiger partial charge in [0.2, 0.25) is 11.8 Å². The standard InChI is InChI=1S/C26H25ClN2O4/c1-32-19-11-7-17(8-12-19)25-21(26(31)28-23-6-4-3-5-22(23)27)15-16-24(30)29(25)18-9-13-20(33-2)14-10-18/h3-14,21,25H,15-16H2,1-2H3,(H,28,31). The monoisotopic (exact) mass is 464 g/mol. The summed E-state index contributed by atoms with van der Waals surface area (Å²) in [6, 6.07) is 21.4. The highest BCUT2D eigenvalue weighted by Gasteiger charge is 2.41.